The van der Waals surface area contributed by atoms with Crippen molar-refractivity contribution in [1.29, 1.82) is 0 Å². The first-order valence-electron chi connectivity index (χ1n) is 4.79. The van der Waals surface area contributed by atoms with E-state index >= 15 is 0 Å². The maximum Gasteiger partial charge on any atom is 0.309 e. The van der Waals surface area contributed by atoms with Crippen molar-refractivity contribution in [3.8, 4) is 0 Å². The van der Waals surface area contributed by atoms with Crippen molar-refractivity contribution >= 4 is 5.97 Å². The number of aliphatic hydroxyl groups is 1. The lowest BCUT2D eigenvalue weighted by Gasteiger charge is -2.21. The quantitative estimate of drug-likeness (QED) is 0.631. The van der Waals surface area contributed by atoms with E-state index in [1.165, 1.54) is 0 Å². The van der Waals surface area contributed by atoms with Crippen LogP contribution in [0.2, 0.25) is 0 Å². The second kappa shape index (κ2) is 3.66. The fraction of sp³-hybridized carbons (Fsp3) is 0.900. The molecule has 0 aromatic carbocycles. The number of hydrogen-bond acceptors (Lipinski definition) is 3. The molecule has 1 fully saturated rings. The van der Waals surface area contributed by atoms with Gasteiger partial charge in [0.2, 0.25) is 0 Å². The van der Waals surface area contributed by atoms with E-state index in [9.17, 15) is 9.90 Å². The van der Waals surface area contributed by atoms with Crippen molar-refractivity contribution < 1.29 is 14.6 Å². The van der Waals surface area contributed by atoms with Crippen LogP contribution in [0.5, 0.6) is 0 Å². The molecule has 0 aromatic rings. The summed E-state index contributed by atoms with van der Waals surface area (Å²) in [6.45, 7) is 5.57. The van der Waals surface area contributed by atoms with Crippen molar-refractivity contribution in [2.75, 3.05) is 0 Å². The average molecular weight is 186 g/mol. The zero-order valence-electron chi connectivity index (χ0n) is 8.54. The summed E-state index contributed by atoms with van der Waals surface area (Å²) < 4.78 is 5.22. The van der Waals surface area contributed by atoms with Gasteiger partial charge in [0.25, 0.3) is 0 Å². The summed E-state index contributed by atoms with van der Waals surface area (Å²) in [6.07, 6.45) is 1.74. The normalized spacial score (nSPS) is 28.9. The molecule has 3 nitrogen and oxygen atoms in total. The van der Waals surface area contributed by atoms with E-state index in [1.54, 1.807) is 0 Å². The summed E-state index contributed by atoms with van der Waals surface area (Å²) in [4.78, 5) is 11.5. The number of aliphatic hydroxyl groups excluding tert-OH is 1. The Morgan fingerprint density at radius 2 is 2.00 bits per heavy atom. The van der Waals surface area contributed by atoms with E-state index in [0.29, 0.717) is 6.42 Å². The van der Waals surface area contributed by atoms with Gasteiger partial charge in [-0.2, -0.15) is 0 Å². The molecule has 76 valence electrons. The number of carbonyl (C=O) groups excluding carboxylic acids is 1. The standard InChI is InChI=1S/C10H18O3/c1-10(2,3)13-9(12)7-4-5-8(11)6-7/h7-8,11H,4-6H2,1-3H3/t7-,8-/m0/s1. The highest BCUT2D eigenvalue weighted by atomic mass is 16.6. The van der Waals surface area contributed by atoms with Crippen molar-refractivity contribution in [3.63, 3.8) is 0 Å². The highest BCUT2D eigenvalue weighted by Gasteiger charge is 2.31. The molecule has 0 saturated heterocycles. The summed E-state index contributed by atoms with van der Waals surface area (Å²) in [6, 6.07) is 0. The lowest BCUT2D eigenvalue weighted by Crippen LogP contribution is -2.28. The van der Waals surface area contributed by atoms with Gasteiger partial charge in [0.15, 0.2) is 0 Å². The molecule has 0 amide bonds. The number of carbonyl (C=O) groups is 1. The van der Waals surface area contributed by atoms with Crippen molar-refractivity contribution in [2.45, 2.75) is 51.7 Å². The maximum atomic E-state index is 11.5. The van der Waals surface area contributed by atoms with Gasteiger partial charge in [-0.05, 0) is 40.0 Å². The summed E-state index contributed by atoms with van der Waals surface area (Å²) in [7, 11) is 0. The molecule has 0 bridgehead atoms. The van der Waals surface area contributed by atoms with Gasteiger partial charge in [-0.1, -0.05) is 0 Å². The van der Waals surface area contributed by atoms with Crippen LogP contribution in [0, 0.1) is 5.92 Å². The first-order valence-corrected chi connectivity index (χ1v) is 4.79. The molecule has 3 heteroatoms. The number of hydrogen-bond donors (Lipinski definition) is 1. The van der Waals surface area contributed by atoms with Gasteiger partial charge >= 0.3 is 5.97 Å². The SMILES string of the molecule is CC(C)(C)OC(=O)[C@H]1CC[C@H](O)C1. The molecule has 1 saturated carbocycles. The fourth-order valence-corrected chi connectivity index (χ4v) is 1.56. The van der Waals surface area contributed by atoms with Gasteiger partial charge in [0.1, 0.15) is 5.60 Å². The third-order valence-corrected chi connectivity index (χ3v) is 2.15. The van der Waals surface area contributed by atoms with Crippen LogP contribution >= 0.6 is 0 Å². The van der Waals surface area contributed by atoms with Crippen LogP contribution in [-0.2, 0) is 9.53 Å². The van der Waals surface area contributed by atoms with Crippen LogP contribution < -0.4 is 0 Å². The Labute approximate surface area is 79.1 Å². The van der Waals surface area contributed by atoms with E-state index in [2.05, 4.69) is 0 Å². The largest absolute Gasteiger partial charge is 0.460 e. The molecule has 2 atom stereocenters. The van der Waals surface area contributed by atoms with E-state index in [0.717, 1.165) is 12.8 Å². The van der Waals surface area contributed by atoms with Crippen LogP contribution in [0.3, 0.4) is 0 Å². The van der Waals surface area contributed by atoms with Crippen LogP contribution in [-0.4, -0.2) is 22.8 Å². The molecule has 13 heavy (non-hydrogen) atoms. The minimum atomic E-state index is -0.412. The summed E-state index contributed by atoms with van der Waals surface area (Å²) in [5, 5.41) is 9.24. The summed E-state index contributed by atoms with van der Waals surface area (Å²) >= 11 is 0. The van der Waals surface area contributed by atoms with Gasteiger partial charge in [-0.3, -0.25) is 4.79 Å². The van der Waals surface area contributed by atoms with E-state index in [4.69, 9.17) is 4.74 Å². The molecule has 1 rings (SSSR count). The molecule has 1 aliphatic rings. The summed E-state index contributed by atoms with van der Waals surface area (Å²) in [5.41, 5.74) is -0.412. The van der Waals surface area contributed by atoms with Gasteiger partial charge in [0, 0.05) is 0 Å². The minimum Gasteiger partial charge on any atom is -0.460 e. The van der Waals surface area contributed by atoms with Gasteiger partial charge in [-0.15, -0.1) is 0 Å². The lowest BCUT2D eigenvalue weighted by atomic mass is 10.1. The van der Waals surface area contributed by atoms with E-state index in [1.807, 2.05) is 20.8 Å². The predicted octanol–water partition coefficient (Wildman–Crippen LogP) is 1.49. The van der Waals surface area contributed by atoms with Crippen molar-refractivity contribution in [1.82, 2.24) is 0 Å². The van der Waals surface area contributed by atoms with Gasteiger partial charge in [-0.25, -0.2) is 0 Å². The van der Waals surface area contributed by atoms with Crippen molar-refractivity contribution in [3.05, 3.63) is 0 Å². The molecule has 1 N–H and O–H groups in total. The van der Waals surface area contributed by atoms with Gasteiger partial charge in [0.05, 0.1) is 12.0 Å². The molecule has 0 heterocycles. The van der Waals surface area contributed by atoms with Crippen molar-refractivity contribution in [2.24, 2.45) is 5.92 Å². The number of ether oxygens (including phenoxy) is 1. The second-order valence-electron chi connectivity index (χ2n) is 4.70. The zero-order valence-corrected chi connectivity index (χ0v) is 8.54. The van der Waals surface area contributed by atoms with E-state index < -0.39 is 5.60 Å². The first-order chi connectivity index (χ1) is 5.88. The Hall–Kier alpha value is -0.570. The molecular formula is C10H18O3. The smallest absolute Gasteiger partial charge is 0.309 e. The highest BCUT2D eigenvalue weighted by Crippen LogP contribution is 2.27. The molecule has 0 aromatic heterocycles. The maximum absolute atomic E-state index is 11.5. The van der Waals surface area contributed by atoms with Crippen LogP contribution in [0.25, 0.3) is 0 Å². The Bertz CT molecular complexity index is 193. The van der Waals surface area contributed by atoms with Crippen LogP contribution in [0.15, 0.2) is 0 Å². The Morgan fingerprint density at radius 1 is 1.38 bits per heavy atom. The number of rotatable bonds is 1. The molecule has 0 aliphatic heterocycles. The van der Waals surface area contributed by atoms with Crippen LogP contribution in [0.4, 0.5) is 0 Å². The molecule has 0 unspecified atom stereocenters. The predicted molar refractivity (Wildman–Crippen MR) is 49.2 cm³/mol. The van der Waals surface area contributed by atoms with Gasteiger partial charge < -0.3 is 9.84 Å². The summed E-state index contributed by atoms with van der Waals surface area (Å²) in [5.74, 6) is -0.252. The topological polar surface area (TPSA) is 46.5 Å². The molecular weight excluding hydrogens is 168 g/mol. The molecule has 1 aliphatic carbocycles. The third kappa shape index (κ3) is 3.35. The average Bonchev–Trinajstić information content (AvgIpc) is 2.31. The minimum absolute atomic E-state index is 0.0887. The fourth-order valence-electron chi connectivity index (χ4n) is 1.56. The zero-order chi connectivity index (χ0) is 10.1. The lowest BCUT2D eigenvalue weighted by molar-refractivity contribution is -0.160. The molecule has 0 spiro atoms. The number of esters is 1. The monoisotopic (exact) mass is 186 g/mol. The third-order valence-electron chi connectivity index (χ3n) is 2.15. The van der Waals surface area contributed by atoms with E-state index in [-0.39, 0.29) is 18.0 Å². The molecule has 0 radical (unpaired) electrons. The highest BCUT2D eigenvalue weighted by molar-refractivity contribution is 5.73. The Morgan fingerprint density at radius 3 is 2.38 bits per heavy atom. The second-order valence-corrected chi connectivity index (χ2v) is 4.70. The Balaban J connectivity index is 2.41. The van der Waals surface area contributed by atoms with Crippen LogP contribution in [0.1, 0.15) is 40.0 Å². The first kappa shape index (κ1) is 10.5. The Kier molecular flexibility index (Phi) is 2.96.